The Morgan fingerprint density at radius 3 is 2.89 bits per heavy atom. The highest BCUT2D eigenvalue weighted by molar-refractivity contribution is 4.94. The molecule has 0 saturated carbocycles. The van der Waals surface area contributed by atoms with Crippen LogP contribution in [-0.2, 0) is 0 Å². The van der Waals surface area contributed by atoms with Crippen molar-refractivity contribution in [1.82, 2.24) is 5.32 Å². The van der Waals surface area contributed by atoms with Crippen molar-refractivity contribution in [2.45, 2.75) is 19.4 Å². The summed E-state index contributed by atoms with van der Waals surface area (Å²) >= 11 is 0. The van der Waals surface area contributed by atoms with Gasteiger partial charge in [0.2, 0.25) is 0 Å². The zero-order chi connectivity index (χ0) is 7.11. The fourth-order valence-electron chi connectivity index (χ4n) is 0.474. The van der Waals surface area contributed by atoms with E-state index in [1.807, 2.05) is 0 Å². The highest BCUT2D eigenvalue weighted by Crippen LogP contribution is 1.75. The van der Waals surface area contributed by atoms with Crippen LogP contribution < -0.4 is 5.32 Å². The second-order valence-corrected chi connectivity index (χ2v) is 1.89. The molecule has 2 N–H and O–H groups in total. The minimum Gasteiger partial charge on any atom is -0.379 e. The fourth-order valence-corrected chi connectivity index (χ4v) is 0.474. The van der Waals surface area contributed by atoms with Gasteiger partial charge in [0, 0.05) is 6.54 Å². The monoisotopic (exact) mass is 127 g/mol. The van der Waals surface area contributed by atoms with E-state index in [1.54, 1.807) is 0 Å². The number of aliphatic hydroxyl groups is 1. The van der Waals surface area contributed by atoms with Crippen molar-refractivity contribution in [3.63, 3.8) is 0 Å². The maximum Gasteiger partial charge on any atom is 0.126 e. The third kappa shape index (κ3) is 5.35. The molecule has 2 heteroatoms. The molecule has 9 heavy (non-hydrogen) atoms. The zero-order valence-electron chi connectivity index (χ0n) is 5.72. The Hall–Kier alpha value is -0.520. The summed E-state index contributed by atoms with van der Waals surface area (Å²) in [6, 6.07) is 0. The van der Waals surface area contributed by atoms with Crippen molar-refractivity contribution in [2.75, 3.05) is 13.1 Å². The standard InChI is InChI=1S/C7H13NO/c1-3-5-8-6-7(9)4-2/h2,7-9H,3,5-6H2,1H3. The van der Waals surface area contributed by atoms with Gasteiger partial charge in [0.25, 0.3) is 0 Å². The number of terminal acetylenes is 1. The van der Waals surface area contributed by atoms with Gasteiger partial charge in [-0.15, -0.1) is 6.42 Å². The Morgan fingerprint density at radius 1 is 1.78 bits per heavy atom. The average Bonchev–Trinajstić information content (AvgIpc) is 1.89. The quantitative estimate of drug-likeness (QED) is 0.411. The first-order valence-electron chi connectivity index (χ1n) is 3.16. The number of rotatable bonds is 4. The normalized spacial score (nSPS) is 12.6. The van der Waals surface area contributed by atoms with Crippen LogP contribution in [0.2, 0.25) is 0 Å². The lowest BCUT2D eigenvalue weighted by Gasteiger charge is -2.02. The summed E-state index contributed by atoms with van der Waals surface area (Å²) in [6.45, 7) is 3.48. The Kier molecular flexibility index (Phi) is 5.29. The number of hydrogen-bond donors (Lipinski definition) is 2. The second-order valence-electron chi connectivity index (χ2n) is 1.89. The Balaban J connectivity index is 2.99. The van der Waals surface area contributed by atoms with E-state index in [1.165, 1.54) is 0 Å². The molecule has 0 aliphatic heterocycles. The third-order valence-electron chi connectivity index (χ3n) is 0.957. The van der Waals surface area contributed by atoms with Gasteiger partial charge in [-0.05, 0) is 13.0 Å². The van der Waals surface area contributed by atoms with Gasteiger partial charge >= 0.3 is 0 Å². The summed E-state index contributed by atoms with van der Waals surface area (Å²) in [5.74, 6) is 2.22. The highest BCUT2D eigenvalue weighted by Gasteiger charge is 1.93. The summed E-state index contributed by atoms with van der Waals surface area (Å²) in [5.41, 5.74) is 0. The van der Waals surface area contributed by atoms with Crippen LogP contribution in [0.3, 0.4) is 0 Å². The van der Waals surface area contributed by atoms with Crippen molar-refractivity contribution in [1.29, 1.82) is 0 Å². The van der Waals surface area contributed by atoms with Crippen molar-refractivity contribution < 1.29 is 5.11 Å². The topological polar surface area (TPSA) is 32.3 Å². The molecule has 0 saturated heterocycles. The zero-order valence-corrected chi connectivity index (χ0v) is 5.72. The molecule has 0 aromatic rings. The van der Waals surface area contributed by atoms with Crippen LogP contribution in [0.25, 0.3) is 0 Å². The van der Waals surface area contributed by atoms with Crippen molar-refractivity contribution in [3.05, 3.63) is 0 Å². The van der Waals surface area contributed by atoms with Crippen LogP contribution >= 0.6 is 0 Å². The molecule has 0 amide bonds. The van der Waals surface area contributed by atoms with E-state index in [0.717, 1.165) is 13.0 Å². The molecule has 0 bridgehead atoms. The van der Waals surface area contributed by atoms with Crippen LogP contribution in [-0.4, -0.2) is 24.3 Å². The van der Waals surface area contributed by atoms with E-state index in [2.05, 4.69) is 18.2 Å². The minimum absolute atomic E-state index is 0.504. The number of aliphatic hydroxyl groups excluding tert-OH is 1. The van der Waals surface area contributed by atoms with Gasteiger partial charge in [-0.1, -0.05) is 12.8 Å². The summed E-state index contributed by atoms with van der Waals surface area (Å²) in [5, 5.41) is 11.8. The number of hydrogen-bond acceptors (Lipinski definition) is 2. The van der Waals surface area contributed by atoms with Crippen LogP contribution in [0.15, 0.2) is 0 Å². The van der Waals surface area contributed by atoms with Gasteiger partial charge in [0.05, 0.1) is 0 Å². The molecule has 0 aliphatic rings. The Labute approximate surface area is 56.3 Å². The molecule has 52 valence electrons. The van der Waals surface area contributed by atoms with E-state index >= 15 is 0 Å². The predicted molar refractivity (Wildman–Crippen MR) is 38.0 cm³/mol. The molecular formula is C7H13NO. The van der Waals surface area contributed by atoms with Crippen LogP contribution in [0, 0.1) is 12.3 Å². The van der Waals surface area contributed by atoms with Crippen LogP contribution in [0.5, 0.6) is 0 Å². The van der Waals surface area contributed by atoms with Gasteiger partial charge in [0.15, 0.2) is 0 Å². The largest absolute Gasteiger partial charge is 0.379 e. The van der Waals surface area contributed by atoms with Crippen LogP contribution in [0.1, 0.15) is 13.3 Å². The van der Waals surface area contributed by atoms with Crippen molar-refractivity contribution >= 4 is 0 Å². The molecule has 0 aromatic heterocycles. The molecule has 0 radical (unpaired) electrons. The van der Waals surface area contributed by atoms with E-state index in [9.17, 15) is 0 Å². The molecule has 1 atom stereocenters. The predicted octanol–water partition coefficient (Wildman–Crippen LogP) is -0.0199. The Morgan fingerprint density at radius 2 is 2.44 bits per heavy atom. The maximum atomic E-state index is 8.79. The third-order valence-corrected chi connectivity index (χ3v) is 0.957. The molecule has 2 nitrogen and oxygen atoms in total. The first-order chi connectivity index (χ1) is 4.31. The lowest BCUT2D eigenvalue weighted by atomic mass is 10.3. The van der Waals surface area contributed by atoms with Crippen molar-refractivity contribution in [3.8, 4) is 12.3 Å². The van der Waals surface area contributed by atoms with E-state index in [0.29, 0.717) is 6.54 Å². The van der Waals surface area contributed by atoms with E-state index in [-0.39, 0.29) is 0 Å². The van der Waals surface area contributed by atoms with Gasteiger partial charge in [0.1, 0.15) is 6.10 Å². The van der Waals surface area contributed by atoms with E-state index < -0.39 is 6.10 Å². The Bertz CT molecular complexity index is 95.6. The summed E-state index contributed by atoms with van der Waals surface area (Å²) < 4.78 is 0. The lowest BCUT2D eigenvalue weighted by Crippen LogP contribution is -2.25. The second kappa shape index (κ2) is 5.61. The minimum atomic E-state index is -0.628. The first kappa shape index (κ1) is 8.48. The van der Waals surface area contributed by atoms with Gasteiger partial charge in [-0.2, -0.15) is 0 Å². The fraction of sp³-hybridized carbons (Fsp3) is 0.714. The van der Waals surface area contributed by atoms with Crippen LogP contribution in [0.4, 0.5) is 0 Å². The van der Waals surface area contributed by atoms with Gasteiger partial charge in [-0.25, -0.2) is 0 Å². The molecule has 0 aromatic carbocycles. The molecule has 0 heterocycles. The summed E-state index contributed by atoms with van der Waals surface area (Å²) in [6.07, 6.45) is 5.35. The average molecular weight is 127 g/mol. The molecule has 0 fully saturated rings. The van der Waals surface area contributed by atoms with Gasteiger partial charge < -0.3 is 10.4 Å². The SMILES string of the molecule is C#CC(O)CNCCC. The van der Waals surface area contributed by atoms with Gasteiger partial charge in [-0.3, -0.25) is 0 Å². The lowest BCUT2D eigenvalue weighted by molar-refractivity contribution is 0.228. The summed E-state index contributed by atoms with van der Waals surface area (Å²) in [7, 11) is 0. The molecule has 0 aliphatic carbocycles. The molecule has 1 unspecified atom stereocenters. The summed E-state index contributed by atoms with van der Waals surface area (Å²) in [4.78, 5) is 0. The smallest absolute Gasteiger partial charge is 0.126 e. The maximum absolute atomic E-state index is 8.79. The van der Waals surface area contributed by atoms with Crippen molar-refractivity contribution in [2.24, 2.45) is 0 Å². The van der Waals surface area contributed by atoms with E-state index in [4.69, 9.17) is 11.5 Å². The number of nitrogens with one attached hydrogen (secondary N) is 1. The highest BCUT2D eigenvalue weighted by atomic mass is 16.3. The molecule has 0 spiro atoms. The molecule has 0 rings (SSSR count). The first-order valence-corrected chi connectivity index (χ1v) is 3.16. The molecular weight excluding hydrogens is 114 g/mol.